The summed E-state index contributed by atoms with van der Waals surface area (Å²) >= 11 is 0. The smallest absolute Gasteiger partial charge is 0.349 e. The van der Waals surface area contributed by atoms with Crippen LogP contribution in [0.25, 0.3) is 0 Å². The summed E-state index contributed by atoms with van der Waals surface area (Å²) in [7, 11) is 1.93. The lowest BCUT2D eigenvalue weighted by Gasteiger charge is -2.61. The third-order valence-corrected chi connectivity index (χ3v) is 8.91. The molecule has 1 unspecified atom stereocenters. The van der Waals surface area contributed by atoms with Crippen LogP contribution in [0.4, 0.5) is 0 Å². The van der Waals surface area contributed by atoms with Gasteiger partial charge in [-0.05, 0) is 44.1 Å². The molecule has 1 spiro atoms. The van der Waals surface area contributed by atoms with Crippen molar-refractivity contribution in [3.8, 4) is 11.5 Å². The number of carbonyl (C=O) groups excluding carboxylic acids is 2. The maximum absolute atomic E-state index is 13.0. The van der Waals surface area contributed by atoms with Crippen molar-refractivity contribution in [1.29, 1.82) is 0 Å². The van der Waals surface area contributed by atoms with Gasteiger partial charge in [-0.25, -0.2) is 14.4 Å². The van der Waals surface area contributed by atoms with Gasteiger partial charge in [-0.15, -0.1) is 0 Å². The number of carbonyl (C=O) groups is 3. The summed E-state index contributed by atoms with van der Waals surface area (Å²) in [6.45, 7) is 0.599. The first-order chi connectivity index (χ1) is 19.5. The number of likely N-dealkylation sites (N-methyl/N-ethyl adjacent to an activating group) is 1. The number of phenolic OH excluding ortho intramolecular Hbond substituents is 1. The number of benzene rings is 2. The van der Waals surface area contributed by atoms with Crippen molar-refractivity contribution in [1.82, 2.24) is 4.90 Å². The summed E-state index contributed by atoms with van der Waals surface area (Å²) in [5.74, 6) is -4.43. The zero-order valence-electron chi connectivity index (χ0n) is 22.0. The maximum atomic E-state index is 13.0. The van der Waals surface area contributed by atoms with E-state index in [4.69, 9.17) is 14.2 Å². The van der Waals surface area contributed by atoms with E-state index in [1.165, 1.54) is 36.4 Å². The highest BCUT2D eigenvalue weighted by Gasteiger charge is 2.72. The molecule has 1 saturated heterocycles. The molecule has 6 rings (SSSR count). The Kier molecular flexibility index (Phi) is 7.30. The van der Waals surface area contributed by atoms with Crippen molar-refractivity contribution in [2.24, 2.45) is 0 Å². The van der Waals surface area contributed by atoms with Crippen LogP contribution < -0.4 is 4.74 Å². The standard InChI is InChI=1S/C29H29NO11.CH4/c1-30-12-11-28-19-15-7-8-16(31)23(19)40-24(28)17(9-10-29(28,38)18(30)13-15)39-26(36)20(32)21(33)27(37)41-22(25(34)35)14-5-3-2-4-6-14;/h2-9,18,20-22,24,31-33,38H,10-13H2,1H3,(H,34,35);1H4/t18-,20-,21-,22?,24+,28+,29-;/m1./s1. The summed E-state index contributed by atoms with van der Waals surface area (Å²) in [5, 5.41) is 53.1. The second kappa shape index (κ2) is 10.4. The highest BCUT2D eigenvalue weighted by Crippen LogP contribution is 2.65. The first-order valence-corrected chi connectivity index (χ1v) is 13.2. The summed E-state index contributed by atoms with van der Waals surface area (Å²) < 4.78 is 16.5. The molecule has 7 atom stereocenters. The average Bonchev–Trinajstić information content (AvgIpc) is 3.32. The first kappa shape index (κ1) is 29.5. The number of phenols is 1. The van der Waals surface area contributed by atoms with Crippen LogP contribution in [0.3, 0.4) is 0 Å². The molecule has 2 bridgehead atoms. The van der Waals surface area contributed by atoms with Crippen LogP contribution in [-0.4, -0.2) is 91.9 Å². The molecule has 2 aromatic carbocycles. The van der Waals surface area contributed by atoms with Crippen LogP contribution in [0, 0.1) is 0 Å². The zero-order chi connectivity index (χ0) is 29.3. The summed E-state index contributed by atoms with van der Waals surface area (Å²) in [6.07, 6.45) is -5.17. The molecule has 2 heterocycles. The number of carboxylic acid groups (broad SMARTS) is 1. The molecular weight excluding hydrogens is 550 g/mol. The number of nitrogens with zero attached hydrogens (tertiary/aromatic N) is 1. The van der Waals surface area contributed by atoms with Crippen molar-refractivity contribution < 1.29 is 54.1 Å². The Morgan fingerprint density at radius 3 is 2.45 bits per heavy atom. The van der Waals surface area contributed by atoms with Crippen molar-refractivity contribution in [2.45, 2.75) is 68.2 Å². The van der Waals surface area contributed by atoms with Gasteiger partial charge < -0.3 is 44.6 Å². The van der Waals surface area contributed by atoms with E-state index >= 15 is 0 Å². The summed E-state index contributed by atoms with van der Waals surface area (Å²) in [5.41, 5.74) is -0.679. The molecule has 0 radical (unpaired) electrons. The van der Waals surface area contributed by atoms with Crippen molar-refractivity contribution in [2.75, 3.05) is 13.6 Å². The minimum atomic E-state index is -2.45. The van der Waals surface area contributed by atoms with E-state index in [1.807, 2.05) is 7.05 Å². The topological polar surface area (TPSA) is 183 Å². The van der Waals surface area contributed by atoms with Gasteiger partial charge in [0, 0.05) is 23.6 Å². The molecule has 42 heavy (non-hydrogen) atoms. The first-order valence-electron chi connectivity index (χ1n) is 13.2. The summed E-state index contributed by atoms with van der Waals surface area (Å²) in [6, 6.07) is 10.5. The minimum Gasteiger partial charge on any atom is -0.504 e. The molecule has 5 N–H and O–H groups in total. The molecule has 2 aromatic rings. The highest BCUT2D eigenvalue weighted by molar-refractivity contribution is 5.87. The quantitative estimate of drug-likeness (QED) is 0.291. The number of hydrogen-bond acceptors (Lipinski definition) is 11. The van der Waals surface area contributed by atoms with Gasteiger partial charge in [0.05, 0.1) is 11.0 Å². The highest BCUT2D eigenvalue weighted by atomic mass is 16.6. The number of aliphatic hydroxyl groups is 3. The predicted octanol–water partition coefficient (Wildman–Crippen LogP) is 0.940. The van der Waals surface area contributed by atoms with Crippen LogP contribution in [0.5, 0.6) is 11.5 Å². The number of aliphatic carboxylic acids is 1. The van der Waals surface area contributed by atoms with Gasteiger partial charge in [0.1, 0.15) is 5.76 Å². The molecule has 0 saturated carbocycles. The van der Waals surface area contributed by atoms with E-state index in [9.17, 15) is 39.9 Å². The van der Waals surface area contributed by atoms with Gasteiger partial charge in [0.15, 0.2) is 29.8 Å². The number of aromatic hydroxyl groups is 1. The van der Waals surface area contributed by atoms with Gasteiger partial charge in [-0.3, -0.25) is 0 Å². The van der Waals surface area contributed by atoms with Gasteiger partial charge in [-0.2, -0.15) is 0 Å². The van der Waals surface area contributed by atoms with Crippen LogP contribution in [-0.2, 0) is 35.7 Å². The lowest BCUT2D eigenvalue weighted by molar-refractivity contribution is -0.183. The number of rotatable bonds is 7. The molecule has 0 aromatic heterocycles. The maximum Gasteiger partial charge on any atom is 0.349 e. The lowest BCUT2D eigenvalue weighted by atomic mass is 9.50. The number of esters is 2. The summed E-state index contributed by atoms with van der Waals surface area (Å²) in [4.78, 5) is 39.2. The third-order valence-electron chi connectivity index (χ3n) is 8.91. The molecular formula is C30H33NO11. The van der Waals surface area contributed by atoms with Crippen molar-refractivity contribution >= 4 is 17.9 Å². The average molecular weight is 584 g/mol. The molecule has 12 nitrogen and oxygen atoms in total. The number of aliphatic hydroxyl groups excluding tert-OH is 2. The SMILES string of the molecule is C.CN1CC[C@]23c4c5ccc(O)c4O[C@H]2C(OC(=O)[C@H](O)[C@@H](O)C(=O)OC(C(=O)O)c2ccccc2)=CC[C@@]3(O)[C@H]1C5. The van der Waals surface area contributed by atoms with Gasteiger partial charge >= 0.3 is 17.9 Å². The second-order valence-electron chi connectivity index (χ2n) is 11.0. The molecule has 224 valence electrons. The Morgan fingerprint density at radius 1 is 1.07 bits per heavy atom. The molecule has 12 heteroatoms. The van der Waals surface area contributed by atoms with Gasteiger partial charge in [0.2, 0.25) is 6.10 Å². The van der Waals surface area contributed by atoms with Crippen molar-refractivity contribution in [3.63, 3.8) is 0 Å². The Hall–Kier alpha value is -3.97. The van der Waals surface area contributed by atoms with E-state index in [-0.39, 0.29) is 42.7 Å². The van der Waals surface area contributed by atoms with Gasteiger partial charge in [0.25, 0.3) is 0 Å². The zero-order valence-corrected chi connectivity index (χ0v) is 22.0. The third kappa shape index (κ3) is 4.09. The van der Waals surface area contributed by atoms with Crippen molar-refractivity contribution in [3.05, 3.63) is 71.0 Å². The fourth-order valence-corrected chi connectivity index (χ4v) is 6.95. The largest absolute Gasteiger partial charge is 0.504 e. The van der Waals surface area contributed by atoms with Crippen LogP contribution in [0.1, 0.15) is 43.1 Å². The molecule has 2 aliphatic heterocycles. The normalized spacial score (nSPS) is 29.0. The predicted molar refractivity (Wildman–Crippen MR) is 144 cm³/mol. The number of hydrogen-bond donors (Lipinski definition) is 5. The molecule has 0 amide bonds. The monoisotopic (exact) mass is 583 g/mol. The Balaban J connectivity index is 0.00000353. The number of piperidine rings is 1. The van der Waals surface area contributed by atoms with Gasteiger partial charge in [-0.1, -0.05) is 43.8 Å². The van der Waals surface area contributed by atoms with E-state index in [1.54, 1.807) is 12.1 Å². The fraction of sp³-hybridized carbons (Fsp3) is 0.433. The molecule has 2 aliphatic carbocycles. The van der Waals surface area contributed by atoms with E-state index in [0.717, 1.165) is 5.56 Å². The van der Waals surface area contributed by atoms with E-state index in [2.05, 4.69) is 4.90 Å². The number of likely N-dealkylation sites (tertiary alicyclic amines) is 1. The Labute approximate surface area is 241 Å². The van der Waals surface area contributed by atoms with Crippen LogP contribution >= 0.6 is 0 Å². The molecule has 4 aliphatic rings. The Bertz CT molecular complexity index is 1460. The van der Waals surface area contributed by atoms with E-state index < -0.39 is 53.3 Å². The Morgan fingerprint density at radius 2 is 1.76 bits per heavy atom. The van der Waals surface area contributed by atoms with E-state index in [0.29, 0.717) is 24.9 Å². The van der Waals surface area contributed by atoms with Crippen LogP contribution in [0.15, 0.2) is 54.3 Å². The lowest BCUT2D eigenvalue weighted by Crippen LogP contribution is -2.74. The number of carboxylic acids is 1. The fourth-order valence-electron chi connectivity index (χ4n) is 6.95. The van der Waals surface area contributed by atoms with Crippen LogP contribution in [0.2, 0.25) is 0 Å². The molecule has 1 fully saturated rings. The number of ether oxygens (including phenoxy) is 3. The second-order valence-corrected chi connectivity index (χ2v) is 11.0. The minimum absolute atomic E-state index is 0.